The van der Waals surface area contributed by atoms with Crippen LogP contribution in [0.5, 0.6) is 0 Å². The van der Waals surface area contributed by atoms with Gasteiger partial charge in [-0.25, -0.2) is 9.07 Å². The van der Waals surface area contributed by atoms with Gasteiger partial charge in [0.05, 0.1) is 12.3 Å². The summed E-state index contributed by atoms with van der Waals surface area (Å²) >= 11 is 0. The number of anilines is 1. The maximum absolute atomic E-state index is 13.6. The van der Waals surface area contributed by atoms with E-state index in [0.717, 1.165) is 5.69 Å². The largest absolute Gasteiger partial charge is 0.384 e. The van der Waals surface area contributed by atoms with Crippen LogP contribution in [0.25, 0.3) is 5.69 Å². The summed E-state index contributed by atoms with van der Waals surface area (Å²) in [7, 11) is 1.62. The Morgan fingerprint density at radius 1 is 1.41 bits per heavy atom. The normalized spacial score (nSPS) is 10.7. The Kier molecular flexibility index (Phi) is 3.39. The highest BCUT2D eigenvalue weighted by Gasteiger charge is 2.10. The van der Waals surface area contributed by atoms with Crippen LogP contribution in [0.3, 0.4) is 0 Å². The van der Waals surface area contributed by atoms with Crippen molar-refractivity contribution < 1.29 is 9.13 Å². The number of benzene rings is 1. The van der Waals surface area contributed by atoms with Crippen LogP contribution in [0.1, 0.15) is 5.69 Å². The Balaban J connectivity index is 2.33. The molecule has 0 saturated carbocycles. The maximum Gasteiger partial charge on any atom is 0.148 e. The monoisotopic (exact) mass is 235 g/mol. The number of rotatable bonds is 4. The molecule has 90 valence electrons. The molecule has 0 spiro atoms. The third kappa shape index (κ3) is 2.45. The van der Waals surface area contributed by atoms with Crippen molar-refractivity contribution in [3.8, 4) is 5.69 Å². The van der Waals surface area contributed by atoms with Crippen LogP contribution >= 0.6 is 0 Å². The molecule has 0 bridgehead atoms. The summed E-state index contributed by atoms with van der Waals surface area (Å²) in [6.45, 7) is 0.563. The molecule has 0 fully saturated rings. The molecule has 1 heterocycles. The standard InChI is InChI=1S/C12H14FN3O/c1-17-7-6-9-8-12(14)16(15-9)11-5-3-2-4-10(11)13/h2-5,8H,6-7,14H2,1H3. The molecule has 0 radical (unpaired) electrons. The molecule has 0 aliphatic carbocycles. The van der Waals surface area contributed by atoms with Gasteiger partial charge in [-0.3, -0.25) is 0 Å². The van der Waals surface area contributed by atoms with Gasteiger partial charge in [-0.1, -0.05) is 12.1 Å². The van der Waals surface area contributed by atoms with E-state index in [1.54, 1.807) is 31.4 Å². The Morgan fingerprint density at radius 2 is 2.18 bits per heavy atom. The van der Waals surface area contributed by atoms with Crippen LogP contribution in [0.4, 0.5) is 10.2 Å². The van der Waals surface area contributed by atoms with E-state index in [1.807, 2.05) is 0 Å². The topological polar surface area (TPSA) is 53.1 Å². The highest BCUT2D eigenvalue weighted by molar-refractivity contribution is 5.43. The van der Waals surface area contributed by atoms with Crippen molar-refractivity contribution in [1.29, 1.82) is 0 Å². The average molecular weight is 235 g/mol. The molecule has 0 amide bonds. The number of halogens is 1. The third-order valence-electron chi connectivity index (χ3n) is 2.43. The predicted molar refractivity (Wildman–Crippen MR) is 63.5 cm³/mol. The summed E-state index contributed by atoms with van der Waals surface area (Å²) in [4.78, 5) is 0. The van der Waals surface area contributed by atoms with Gasteiger partial charge in [0.2, 0.25) is 0 Å². The van der Waals surface area contributed by atoms with Gasteiger partial charge < -0.3 is 10.5 Å². The minimum absolute atomic E-state index is 0.347. The Labute approximate surface area is 98.8 Å². The van der Waals surface area contributed by atoms with Crippen LogP contribution in [-0.4, -0.2) is 23.5 Å². The predicted octanol–water partition coefficient (Wildman–Crippen LogP) is 1.78. The molecule has 4 nitrogen and oxygen atoms in total. The molecule has 2 aromatic rings. The number of nitrogens with zero attached hydrogens (tertiary/aromatic N) is 2. The quantitative estimate of drug-likeness (QED) is 0.878. The molecule has 1 aromatic carbocycles. The summed E-state index contributed by atoms with van der Waals surface area (Å²) in [5.41, 5.74) is 6.95. The fourth-order valence-corrected chi connectivity index (χ4v) is 1.59. The second kappa shape index (κ2) is 4.97. The lowest BCUT2D eigenvalue weighted by molar-refractivity contribution is 0.201. The number of methoxy groups -OCH3 is 1. The van der Waals surface area contributed by atoms with E-state index < -0.39 is 0 Å². The fraction of sp³-hybridized carbons (Fsp3) is 0.250. The van der Waals surface area contributed by atoms with E-state index in [9.17, 15) is 4.39 Å². The van der Waals surface area contributed by atoms with Gasteiger partial charge in [-0.15, -0.1) is 0 Å². The lowest BCUT2D eigenvalue weighted by Gasteiger charge is -2.04. The molecule has 0 aliphatic rings. The molecule has 0 aliphatic heterocycles. The first-order chi connectivity index (χ1) is 8.22. The van der Waals surface area contributed by atoms with Crippen molar-refractivity contribution in [2.45, 2.75) is 6.42 Å². The first-order valence-electron chi connectivity index (χ1n) is 5.30. The molecule has 17 heavy (non-hydrogen) atoms. The molecular formula is C12H14FN3O. The van der Waals surface area contributed by atoms with Crippen LogP contribution in [0, 0.1) is 5.82 Å². The minimum atomic E-state index is -0.347. The van der Waals surface area contributed by atoms with Crippen LogP contribution in [0.15, 0.2) is 30.3 Å². The summed E-state index contributed by atoms with van der Waals surface area (Å²) in [6, 6.07) is 8.12. The maximum atomic E-state index is 13.6. The van der Waals surface area contributed by atoms with Crippen LogP contribution in [-0.2, 0) is 11.2 Å². The molecule has 5 heteroatoms. The highest BCUT2D eigenvalue weighted by atomic mass is 19.1. The first-order valence-corrected chi connectivity index (χ1v) is 5.30. The van der Waals surface area contributed by atoms with E-state index in [1.165, 1.54) is 10.7 Å². The summed E-state index contributed by atoms with van der Waals surface area (Å²) < 4.78 is 19.9. The Bertz CT molecular complexity index is 510. The number of para-hydroxylation sites is 1. The van der Waals surface area contributed by atoms with Crippen molar-refractivity contribution in [2.24, 2.45) is 0 Å². The Morgan fingerprint density at radius 3 is 2.88 bits per heavy atom. The van der Waals surface area contributed by atoms with Crippen molar-refractivity contribution >= 4 is 5.82 Å². The van der Waals surface area contributed by atoms with Crippen molar-refractivity contribution in [3.63, 3.8) is 0 Å². The van der Waals surface area contributed by atoms with E-state index in [4.69, 9.17) is 10.5 Å². The van der Waals surface area contributed by atoms with Crippen LogP contribution in [0.2, 0.25) is 0 Å². The zero-order valence-corrected chi connectivity index (χ0v) is 9.56. The smallest absolute Gasteiger partial charge is 0.148 e. The average Bonchev–Trinajstić information content (AvgIpc) is 2.68. The SMILES string of the molecule is COCCc1cc(N)n(-c2ccccc2F)n1. The van der Waals surface area contributed by atoms with Crippen LogP contribution < -0.4 is 5.73 Å². The van der Waals surface area contributed by atoms with Gasteiger partial charge in [-0.05, 0) is 12.1 Å². The zero-order chi connectivity index (χ0) is 12.3. The summed E-state index contributed by atoms with van der Waals surface area (Å²) in [6.07, 6.45) is 0.655. The van der Waals surface area contributed by atoms with Gasteiger partial charge >= 0.3 is 0 Å². The highest BCUT2D eigenvalue weighted by Crippen LogP contribution is 2.17. The number of aromatic nitrogens is 2. The van der Waals surface area contributed by atoms with Gasteiger partial charge in [0.1, 0.15) is 17.3 Å². The first kappa shape index (κ1) is 11.6. The number of nitrogen functional groups attached to an aromatic ring is 1. The lowest BCUT2D eigenvalue weighted by atomic mass is 10.3. The number of hydrogen-bond donors (Lipinski definition) is 1. The van der Waals surface area contributed by atoms with Gasteiger partial charge in [-0.2, -0.15) is 5.10 Å². The number of hydrogen-bond acceptors (Lipinski definition) is 3. The molecule has 1 aromatic heterocycles. The number of ether oxygens (including phenoxy) is 1. The van der Waals surface area contributed by atoms with E-state index in [2.05, 4.69) is 5.10 Å². The van der Waals surface area contributed by atoms with Crippen molar-refractivity contribution in [3.05, 3.63) is 41.8 Å². The Hall–Kier alpha value is -1.88. The molecule has 2 rings (SSSR count). The van der Waals surface area contributed by atoms with E-state index in [0.29, 0.717) is 24.5 Å². The van der Waals surface area contributed by atoms with E-state index in [-0.39, 0.29) is 5.82 Å². The van der Waals surface area contributed by atoms with Crippen molar-refractivity contribution in [1.82, 2.24) is 9.78 Å². The minimum Gasteiger partial charge on any atom is -0.384 e. The van der Waals surface area contributed by atoms with Crippen molar-refractivity contribution in [2.75, 3.05) is 19.5 Å². The zero-order valence-electron chi connectivity index (χ0n) is 9.56. The molecule has 0 unspecified atom stereocenters. The molecular weight excluding hydrogens is 221 g/mol. The lowest BCUT2D eigenvalue weighted by Crippen LogP contribution is -2.04. The van der Waals surface area contributed by atoms with Gasteiger partial charge in [0, 0.05) is 19.6 Å². The third-order valence-corrected chi connectivity index (χ3v) is 2.43. The molecule has 2 N–H and O–H groups in total. The second-order valence-electron chi connectivity index (χ2n) is 3.67. The van der Waals surface area contributed by atoms with Gasteiger partial charge in [0.25, 0.3) is 0 Å². The summed E-state index contributed by atoms with van der Waals surface area (Å²) in [5, 5.41) is 4.25. The number of nitrogens with two attached hydrogens (primary N) is 1. The van der Waals surface area contributed by atoms with Gasteiger partial charge in [0.15, 0.2) is 0 Å². The molecule has 0 saturated heterocycles. The second-order valence-corrected chi connectivity index (χ2v) is 3.67. The van der Waals surface area contributed by atoms with E-state index >= 15 is 0 Å². The molecule has 0 atom stereocenters. The fourth-order valence-electron chi connectivity index (χ4n) is 1.59. The summed E-state index contributed by atoms with van der Waals surface area (Å²) in [5.74, 6) is 0.0711.